The Labute approximate surface area is 197 Å². The Morgan fingerprint density at radius 2 is 1.71 bits per heavy atom. The van der Waals surface area contributed by atoms with Crippen molar-refractivity contribution < 1.29 is 14.7 Å². The van der Waals surface area contributed by atoms with Crippen LogP contribution >= 0.6 is 0 Å². The van der Waals surface area contributed by atoms with Crippen LogP contribution in [0.2, 0.25) is 0 Å². The predicted molar refractivity (Wildman–Crippen MR) is 133 cm³/mol. The minimum atomic E-state index is -0.977. The number of allylic oxidation sites excluding steroid dienone is 2. The summed E-state index contributed by atoms with van der Waals surface area (Å²) in [5, 5.41) is 20.0. The number of H-pyrrole nitrogens is 1. The Balaban J connectivity index is 1.39. The number of rotatable bonds is 6. The van der Waals surface area contributed by atoms with Gasteiger partial charge in [0.25, 0.3) is 5.91 Å². The Kier molecular flexibility index (Phi) is 5.95. The van der Waals surface area contributed by atoms with Crippen LogP contribution in [-0.4, -0.2) is 27.2 Å². The minimum absolute atomic E-state index is 0.212. The quantitative estimate of drug-likeness (QED) is 0.344. The van der Waals surface area contributed by atoms with Crippen molar-refractivity contribution in [2.45, 2.75) is 32.2 Å². The van der Waals surface area contributed by atoms with Gasteiger partial charge in [0.15, 0.2) is 5.69 Å². The van der Waals surface area contributed by atoms with Crippen molar-refractivity contribution in [3.63, 3.8) is 0 Å². The largest absolute Gasteiger partial charge is 0.478 e. The maximum Gasteiger partial charge on any atom is 0.335 e. The number of aromatic carboxylic acids is 1. The lowest BCUT2D eigenvalue weighted by atomic mass is 9.92. The van der Waals surface area contributed by atoms with Crippen molar-refractivity contribution in [2.24, 2.45) is 0 Å². The highest BCUT2D eigenvalue weighted by molar-refractivity contribution is 6.10. The highest BCUT2D eigenvalue weighted by Crippen LogP contribution is 2.32. The second-order valence-electron chi connectivity index (χ2n) is 8.54. The molecule has 5 rings (SSSR count). The summed E-state index contributed by atoms with van der Waals surface area (Å²) in [7, 11) is 0. The van der Waals surface area contributed by atoms with Crippen LogP contribution in [0.3, 0.4) is 0 Å². The Morgan fingerprint density at radius 3 is 2.41 bits per heavy atom. The molecule has 0 radical (unpaired) electrons. The summed E-state index contributed by atoms with van der Waals surface area (Å²) >= 11 is 0. The molecule has 1 aromatic heterocycles. The molecular formula is C28H25N3O3. The lowest BCUT2D eigenvalue weighted by Crippen LogP contribution is -2.23. The Morgan fingerprint density at radius 1 is 0.941 bits per heavy atom. The third kappa shape index (κ3) is 4.35. The first kappa shape index (κ1) is 21.6. The summed E-state index contributed by atoms with van der Waals surface area (Å²) in [5.41, 5.74) is 6.82. The second-order valence-corrected chi connectivity index (χ2v) is 8.54. The topological polar surface area (TPSA) is 95.1 Å². The molecule has 0 aliphatic heterocycles. The first-order chi connectivity index (χ1) is 16.6. The molecule has 1 amide bonds. The molecule has 1 aliphatic carbocycles. The van der Waals surface area contributed by atoms with Gasteiger partial charge in [0.1, 0.15) is 0 Å². The summed E-state index contributed by atoms with van der Waals surface area (Å²) in [5.74, 6) is -1.26. The third-order valence-electron chi connectivity index (χ3n) is 6.32. The van der Waals surface area contributed by atoms with E-state index in [2.05, 4.69) is 45.9 Å². The fourth-order valence-corrected chi connectivity index (χ4v) is 4.47. The zero-order chi connectivity index (χ0) is 23.5. The van der Waals surface area contributed by atoms with Crippen LogP contribution in [0.15, 0.2) is 72.8 Å². The zero-order valence-corrected chi connectivity index (χ0v) is 18.7. The van der Waals surface area contributed by atoms with E-state index in [0.29, 0.717) is 5.69 Å². The van der Waals surface area contributed by atoms with Gasteiger partial charge >= 0.3 is 5.97 Å². The van der Waals surface area contributed by atoms with Crippen LogP contribution in [-0.2, 0) is 6.54 Å². The number of hydrogen-bond acceptors (Lipinski definition) is 3. The summed E-state index contributed by atoms with van der Waals surface area (Å²) in [6.45, 7) is 0.277. The van der Waals surface area contributed by atoms with Gasteiger partial charge in [0, 0.05) is 11.9 Å². The van der Waals surface area contributed by atoms with Crippen molar-refractivity contribution in [1.29, 1.82) is 0 Å². The van der Waals surface area contributed by atoms with E-state index in [4.69, 9.17) is 5.11 Å². The van der Waals surface area contributed by atoms with E-state index in [1.807, 2.05) is 18.2 Å². The van der Waals surface area contributed by atoms with E-state index < -0.39 is 5.97 Å². The number of carbonyl (C=O) groups excluding carboxylic acids is 1. The van der Waals surface area contributed by atoms with Crippen molar-refractivity contribution in [2.75, 3.05) is 0 Å². The summed E-state index contributed by atoms with van der Waals surface area (Å²) in [4.78, 5) is 24.0. The normalized spacial score (nSPS) is 13.5. The lowest BCUT2D eigenvalue weighted by Gasteiger charge is -2.13. The predicted octanol–water partition coefficient (Wildman–Crippen LogP) is 5.82. The number of nitrogens with zero attached hydrogens (tertiary/aromatic N) is 1. The van der Waals surface area contributed by atoms with Crippen molar-refractivity contribution in [3.8, 4) is 11.1 Å². The minimum Gasteiger partial charge on any atom is -0.478 e. The number of benzene rings is 3. The number of carboxylic acid groups (broad SMARTS) is 1. The number of nitrogens with one attached hydrogen (secondary N) is 2. The molecule has 0 bridgehead atoms. The lowest BCUT2D eigenvalue weighted by molar-refractivity contribution is 0.0696. The van der Waals surface area contributed by atoms with Crippen LogP contribution in [0.5, 0.6) is 0 Å². The van der Waals surface area contributed by atoms with E-state index in [1.165, 1.54) is 36.1 Å². The summed E-state index contributed by atoms with van der Waals surface area (Å²) in [6.07, 6.45) is 7.12. The van der Waals surface area contributed by atoms with Gasteiger partial charge < -0.3 is 10.4 Å². The number of aromatic nitrogens is 2. The average Bonchev–Trinajstić information content (AvgIpc) is 3.33. The molecule has 34 heavy (non-hydrogen) atoms. The fourth-order valence-electron chi connectivity index (χ4n) is 4.47. The number of hydrogen-bond donors (Lipinski definition) is 3. The van der Waals surface area contributed by atoms with Gasteiger partial charge in [-0.3, -0.25) is 9.89 Å². The second kappa shape index (κ2) is 9.35. The van der Waals surface area contributed by atoms with Gasteiger partial charge in [-0.2, -0.15) is 5.10 Å². The highest BCUT2D eigenvalue weighted by atomic mass is 16.4. The molecule has 3 aromatic carbocycles. The van der Waals surface area contributed by atoms with Crippen LogP contribution in [0, 0.1) is 0 Å². The highest BCUT2D eigenvalue weighted by Gasteiger charge is 2.18. The number of aromatic amines is 1. The first-order valence-corrected chi connectivity index (χ1v) is 11.5. The van der Waals surface area contributed by atoms with Gasteiger partial charge in [-0.05, 0) is 71.7 Å². The average molecular weight is 452 g/mol. The molecule has 0 saturated carbocycles. The maximum atomic E-state index is 13.0. The molecule has 0 spiro atoms. The van der Waals surface area contributed by atoms with Crippen molar-refractivity contribution in [1.82, 2.24) is 15.5 Å². The van der Waals surface area contributed by atoms with E-state index in [-0.39, 0.29) is 18.0 Å². The van der Waals surface area contributed by atoms with E-state index in [0.717, 1.165) is 40.4 Å². The molecule has 0 fully saturated rings. The number of amides is 1. The summed E-state index contributed by atoms with van der Waals surface area (Å²) in [6, 6.07) is 20.9. The van der Waals surface area contributed by atoms with E-state index >= 15 is 0 Å². The first-order valence-electron chi connectivity index (χ1n) is 11.5. The molecule has 6 nitrogen and oxygen atoms in total. The van der Waals surface area contributed by atoms with Crippen molar-refractivity contribution in [3.05, 3.63) is 95.2 Å². The molecular weight excluding hydrogens is 426 g/mol. The smallest absolute Gasteiger partial charge is 0.335 e. The fraction of sp³-hybridized carbons (Fsp3) is 0.179. The monoisotopic (exact) mass is 451 g/mol. The van der Waals surface area contributed by atoms with Gasteiger partial charge in [0.05, 0.1) is 11.1 Å². The van der Waals surface area contributed by atoms with Crippen LogP contribution in [0.1, 0.15) is 57.7 Å². The van der Waals surface area contributed by atoms with Gasteiger partial charge in [0.2, 0.25) is 0 Å². The zero-order valence-electron chi connectivity index (χ0n) is 18.7. The molecule has 0 unspecified atom stereocenters. The number of fused-ring (bicyclic) bond motifs is 1. The molecule has 6 heteroatoms. The third-order valence-corrected chi connectivity index (χ3v) is 6.32. The van der Waals surface area contributed by atoms with E-state index in [1.54, 1.807) is 12.1 Å². The molecule has 4 aromatic rings. The Bertz CT molecular complexity index is 1380. The Hall–Kier alpha value is -4.19. The van der Waals surface area contributed by atoms with Crippen LogP contribution < -0.4 is 5.32 Å². The molecule has 3 N–H and O–H groups in total. The molecule has 0 saturated heterocycles. The SMILES string of the molecule is O=C(O)c1ccc(CNC(=O)c2n[nH]c3cccc(-c4ccc(C5=CCCCC5)cc4)c23)cc1. The number of carbonyl (C=O) groups is 2. The maximum absolute atomic E-state index is 13.0. The molecule has 170 valence electrons. The molecule has 1 heterocycles. The molecule has 0 atom stereocenters. The summed E-state index contributed by atoms with van der Waals surface area (Å²) < 4.78 is 0. The van der Waals surface area contributed by atoms with Gasteiger partial charge in [-0.15, -0.1) is 0 Å². The van der Waals surface area contributed by atoms with Gasteiger partial charge in [-0.25, -0.2) is 4.79 Å². The standard InChI is InChI=1S/C28H25N3O3/c32-27(29-17-18-9-11-22(12-10-18)28(33)34)26-25-23(7-4-8-24(25)30-31-26)21-15-13-20(14-16-21)19-5-2-1-3-6-19/h4-5,7-16H,1-3,6,17H2,(H,29,32)(H,30,31)(H,33,34). The number of carboxylic acids is 1. The van der Waals surface area contributed by atoms with Crippen LogP contribution in [0.4, 0.5) is 0 Å². The van der Waals surface area contributed by atoms with E-state index in [9.17, 15) is 9.59 Å². The van der Waals surface area contributed by atoms with Gasteiger partial charge in [-0.1, -0.05) is 54.6 Å². The van der Waals surface area contributed by atoms with Crippen LogP contribution in [0.25, 0.3) is 27.6 Å². The van der Waals surface area contributed by atoms with Crippen molar-refractivity contribution >= 4 is 28.4 Å². The molecule has 1 aliphatic rings.